The topological polar surface area (TPSA) is 51.4 Å². The molecule has 0 saturated carbocycles. The van der Waals surface area contributed by atoms with Crippen molar-refractivity contribution >= 4 is 5.82 Å². The second-order valence-corrected chi connectivity index (χ2v) is 6.03. The Hall–Kier alpha value is -1.13. The molecule has 1 aromatic heterocycles. The summed E-state index contributed by atoms with van der Waals surface area (Å²) in [5.74, 6) is 1.09. The summed E-state index contributed by atoms with van der Waals surface area (Å²) < 4.78 is 5.75. The number of hydrogen-bond donors (Lipinski definition) is 1. The van der Waals surface area contributed by atoms with E-state index in [-0.39, 0.29) is 6.04 Å². The third kappa shape index (κ3) is 4.42. The maximum atomic E-state index is 6.03. The van der Waals surface area contributed by atoms with Gasteiger partial charge in [0.1, 0.15) is 5.82 Å². The Kier molecular flexibility index (Phi) is 6.00. The van der Waals surface area contributed by atoms with Crippen molar-refractivity contribution in [2.24, 2.45) is 5.73 Å². The molecule has 118 valence electrons. The van der Waals surface area contributed by atoms with Crippen LogP contribution in [-0.4, -0.2) is 36.8 Å². The first-order valence-electron chi connectivity index (χ1n) is 8.21. The number of anilines is 1. The molecule has 2 unspecified atom stereocenters. The monoisotopic (exact) mass is 291 g/mol. The van der Waals surface area contributed by atoms with Crippen molar-refractivity contribution in [1.82, 2.24) is 4.98 Å². The quantitative estimate of drug-likeness (QED) is 0.839. The molecular weight excluding hydrogens is 262 g/mol. The molecule has 1 aliphatic rings. The van der Waals surface area contributed by atoms with E-state index in [1.807, 2.05) is 6.20 Å². The van der Waals surface area contributed by atoms with E-state index in [9.17, 15) is 0 Å². The Labute approximate surface area is 128 Å². The predicted octanol–water partition coefficient (Wildman–Crippen LogP) is 2.68. The number of pyridine rings is 1. The fourth-order valence-corrected chi connectivity index (χ4v) is 2.92. The highest BCUT2D eigenvalue weighted by Crippen LogP contribution is 2.21. The van der Waals surface area contributed by atoms with Crippen LogP contribution in [0, 0.1) is 6.92 Å². The maximum Gasteiger partial charge on any atom is 0.131 e. The molecule has 2 atom stereocenters. The fraction of sp³-hybridized carbons (Fsp3) is 0.706. The van der Waals surface area contributed by atoms with E-state index >= 15 is 0 Å². The maximum absolute atomic E-state index is 6.03. The average molecular weight is 291 g/mol. The average Bonchev–Trinajstić information content (AvgIpc) is 2.98. The molecule has 2 rings (SSSR count). The van der Waals surface area contributed by atoms with Crippen LogP contribution in [0.5, 0.6) is 0 Å². The van der Waals surface area contributed by atoms with Gasteiger partial charge in [0, 0.05) is 31.9 Å². The summed E-state index contributed by atoms with van der Waals surface area (Å²) in [5.41, 5.74) is 8.50. The molecule has 0 aromatic carbocycles. The molecule has 4 heteroatoms. The van der Waals surface area contributed by atoms with Crippen LogP contribution in [0.2, 0.25) is 0 Å². The van der Waals surface area contributed by atoms with Gasteiger partial charge in [-0.05, 0) is 50.7 Å². The number of likely N-dealkylation sites (N-methyl/N-ethyl adjacent to an activating group) is 1. The molecule has 0 spiro atoms. The van der Waals surface area contributed by atoms with Gasteiger partial charge >= 0.3 is 0 Å². The van der Waals surface area contributed by atoms with Gasteiger partial charge in [-0.1, -0.05) is 13.0 Å². The van der Waals surface area contributed by atoms with Gasteiger partial charge in [-0.15, -0.1) is 0 Å². The minimum atomic E-state index is 0.228. The summed E-state index contributed by atoms with van der Waals surface area (Å²) in [7, 11) is 0. The van der Waals surface area contributed by atoms with Crippen molar-refractivity contribution in [3.8, 4) is 0 Å². The standard InChI is InChI=1S/C17H29N3O/c1-4-15(18)10-14-9-13(3)17(19-11-14)20(5-2)12-16-7-6-8-21-16/h9,11,15-16H,4-8,10,12,18H2,1-3H3. The number of ether oxygens (including phenoxy) is 1. The first-order valence-corrected chi connectivity index (χ1v) is 8.21. The van der Waals surface area contributed by atoms with Crippen LogP contribution in [0.3, 0.4) is 0 Å². The van der Waals surface area contributed by atoms with E-state index in [1.54, 1.807) is 0 Å². The summed E-state index contributed by atoms with van der Waals surface area (Å²) in [6.07, 6.45) is 6.60. The van der Waals surface area contributed by atoms with Crippen LogP contribution in [0.4, 0.5) is 5.82 Å². The smallest absolute Gasteiger partial charge is 0.131 e. The molecule has 1 aliphatic heterocycles. The zero-order chi connectivity index (χ0) is 15.2. The van der Waals surface area contributed by atoms with Gasteiger partial charge in [0.15, 0.2) is 0 Å². The first-order chi connectivity index (χ1) is 10.1. The molecule has 1 aromatic rings. The van der Waals surface area contributed by atoms with Crippen LogP contribution in [-0.2, 0) is 11.2 Å². The van der Waals surface area contributed by atoms with E-state index in [4.69, 9.17) is 15.5 Å². The number of aryl methyl sites for hydroxylation is 1. The van der Waals surface area contributed by atoms with Crippen molar-refractivity contribution in [3.63, 3.8) is 0 Å². The van der Waals surface area contributed by atoms with E-state index < -0.39 is 0 Å². The molecule has 0 aliphatic carbocycles. The largest absolute Gasteiger partial charge is 0.376 e. The molecule has 2 N–H and O–H groups in total. The van der Waals surface area contributed by atoms with E-state index in [2.05, 4.69) is 31.7 Å². The molecule has 0 amide bonds. The van der Waals surface area contributed by atoms with E-state index in [0.29, 0.717) is 6.10 Å². The molecule has 21 heavy (non-hydrogen) atoms. The Morgan fingerprint density at radius 1 is 1.48 bits per heavy atom. The minimum Gasteiger partial charge on any atom is -0.376 e. The van der Waals surface area contributed by atoms with Crippen molar-refractivity contribution in [3.05, 3.63) is 23.4 Å². The fourth-order valence-electron chi connectivity index (χ4n) is 2.92. The zero-order valence-corrected chi connectivity index (χ0v) is 13.6. The second kappa shape index (κ2) is 7.76. The van der Waals surface area contributed by atoms with Crippen LogP contribution < -0.4 is 10.6 Å². The molecule has 4 nitrogen and oxygen atoms in total. The normalized spacial score (nSPS) is 19.7. The lowest BCUT2D eigenvalue weighted by Gasteiger charge is -2.26. The van der Waals surface area contributed by atoms with Gasteiger partial charge in [0.25, 0.3) is 0 Å². The summed E-state index contributed by atoms with van der Waals surface area (Å²) in [4.78, 5) is 7.02. The summed E-state index contributed by atoms with van der Waals surface area (Å²) in [5, 5.41) is 0. The van der Waals surface area contributed by atoms with E-state index in [1.165, 1.54) is 24.0 Å². The highest BCUT2D eigenvalue weighted by Gasteiger charge is 2.20. The Bertz CT molecular complexity index is 444. The van der Waals surface area contributed by atoms with Gasteiger partial charge in [-0.3, -0.25) is 0 Å². The lowest BCUT2D eigenvalue weighted by Crippen LogP contribution is -2.33. The Morgan fingerprint density at radius 3 is 2.86 bits per heavy atom. The lowest BCUT2D eigenvalue weighted by molar-refractivity contribution is 0.115. The highest BCUT2D eigenvalue weighted by atomic mass is 16.5. The number of nitrogens with zero attached hydrogens (tertiary/aromatic N) is 2. The third-order valence-electron chi connectivity index (χ3n) is 4.26. The van der Waals surface area contributed by atoms with Gasteiger partial charge in [0.2, 0.25) is 0 Å². The molecule has 0 radical (unpaired) electrons. The molecular formula is C17H29N3O. The van der Waals surface area contributed by atoms with Crippen molar-refractivity contribution in [1.29, 1.82) is 0 Å². The SMILES string of the molecule is CCC(N)Cc1cnc(N(CC)CC2CCCO2)c(C)c1. The Balaban J connectivity index is 2.06. The number of rotatable bonds is 7. The predicted molar refractivity (Wildman–Crippen MR) is 87.8 cm³/mol. The third-order valence-corrected chi connectivity index (χ3v) is 4.26. The van der Waals surface area contributed by atoms with Crippen LogP contribution in [0.15, 0.2) is 12.3 Å². The summed E-state index contributed by atoms with van der Waals surface area (Å²) in [6, 6.07) is 2.46. The van der Waals surface area contributed by atoms with Crippen LogP contribution in [0.1, 0.15) is 44.2 Å². The zero-order valence-electron chi connectivity index (χ0n) is 13.6. The van der Waals surface area contributed by atoms with Crippen molar-refractivity contribution < 1.29 is 4.74 Å². The van der Waals surface area contributed by atoms with Crippen molar-refractivity contribution in [2.45, 2.75) is 58.6 Å². The van der Waals surface area contributed by atoms with Crippen LogP contribution >= 0.6 is 0 Å². The summed E-state index contributed by atoms with van der Waals surface area (Å²) in [6.45, 7) is 9.25. The van der Waals surface area contributed by atoms with Crippen LogP contribution in [0.25, 0.3) is 0 Å². The minimum absolute atomic E-state index is 0.228. The lowest BCUT2D eigenvalue weighted by atomic mass is 10.0. The molecule has 1 saturated heterocycles. The van der Waals surface area contributed by atoms with Gasteiger partial charge < -0.3 is 15.4 Å². The van der Waals surface area contributed by atoms with Crippen molar-refractivity contribution in [2.75, 3.05) is 24.6 Å². The first kappa shape index (κ1) is 16.2. The Morgan fingerprint density at radius 2 is 2.29 bits per heavy atom. The van der Waals surface area contributed by atoms with Gasteiger partial charge in [0.05, 0.1) is 6.10 Å². The van der Waals surface area contributed by atoms with Gasteiger partial charge in [-0.25, -0.2) is 4.98 Å². The number of hydrogen-bond acceptors (Lipinski definition) is 4. The number of nitrogens with two attached hydrogens (primary N) is 1. The van der Waals surface area contributed by atoms with E-state index in [0.717, 1.165) is 38.4 Å². The molecule has 1 fully saturated rings. The highest BCUT2D eigenvalue weighted by molar-refractivity contribution is 5.47. The second-order valence-electron chi connectivity index (χ2n) is 6.03. The van der Waals surface area contributed by atoms with Gasteiger partial charge in [-0.2, -0.15) is 0 Å². The molecule has 0 bridgehead atoms. The number of aromatic nitrogens is 1. The molecule has 2 heterocycles. The summed E-state index contributed by atoms with van der Waals surface area (Å²) >= 11 is 0.